The van der Waals surface area contributed by atoms with Crippen LogP contribution in [0.25, 0.3) is 0 Å². The molecule has 0 atom stereocenters. The van der Waals surface area contributed by atoms with Crippen LogP contribution in [0.4, 0.5) is 4.79 Å². The second-order valence-electron chi connectivity index (χ2n) is 5.73. The first-order chi connectivity index (χ1) is 10.5. The topological polar surface area (TPSA) is 82.1 Å². The van der Waals surface area contributed by atoms with Crippen molar-refractivity contribution in [3.63, 3.8) is 0 Å². The summed E-state index contributed by atoms with van der Waals surface area (Å²) in [4.78, 5) is 25.6. The Kier molecular flexibility index (Phi) is 3.76. The van der Waals surface area contributed by atoms with E-state index in [1.165, 1.54) is 0 Å². The van der Waals surface area contributed by atoms with Gasteiger partial charge in [0.05, 0.1) is 7.11 Å². The van der Waals surface area contributed by atoms with E-state index in [1.54, 1.807) is 7.11 Å². The van der Waals surface area contributed by atoms with Crippen molar-refractivity contribution in [2.75, 3.05) is 20.2 Å². The molecule has 1 aromatic carbocycles. The van der Waals surface area contributed by atoms with E-state index in [2.05, 4.69) is 10.2 Å². The van der Waals surface area contributed by atoms with E-state index in [9.17, 15) is 14.8 Å². The summed E-state index contributed by atoms with van der Waals surface area (Å²) >= 11 is 0. The molecule has 7 heteroatoms. The standard InChI is InChI=1S/C15H19N3O4/c1-22-12-4-2-3-11(9-12)10-17-7-5-15(6-8-17)13(19)16-14(20)18(15)21/h2-4,9,21H,5-8,10H2,1H3,(H,16,19,20). The SMILES string of the molecule is COc1cccc(CN2CCC3(CC2)C(=O)NC(=O)N3O)c1. The second kappa shape index (κ2) is 5.58. The largest absolute Gasteiger partial charge is 0.497 e. The number of hydroxylamine groups is 2. The Hall–Kier alpha value is -2.12. The molecule has 2 aliphatic rings. The number of amides is 3. The first-order valence-electron chi connectivity index (χ1n) is 7.25. The highest BCUT2D eigenvalue weighted by Gasteiger charge is 2.54. The molecule has 118 valence electrons. The molecule has 2 N–H and O–H groups in total. The van der Waals surface area contributed by atoms with Crippen LogP contribution in [0.3, 0.4) is 0 Å². The van der Waals surface area contributed by atoms with Gasteiger partial charge in [-0.05, 0) is 30.5 Å². The molecule has 0 unspecified atom stereocenters. The third-order valence-electron chi connectivity index (χ3n) is 4.46. The van der Waals surface area contributed by atoms with Crippen molar-refractivity contribution in [2.45, 2.75) is 24.9 Å². The highest BCUT2D eigenvalue weighted by molar-refractivity contribution is 6.06. The van der Waals surface area contributed by atoms with Crippen LogP contribution in [0.2, 0.25) is 0 Å². The molecule has 1 spiro atoms. The number of likely N-dealkylation sites (tertiary alicyclic amines) is 1. The number of hydrogen-bond donors (Lipinski definition) is 2. The first kappa shape index (κ1) is 14.8. The van der Waals surface area contributed by atoms with E-state index in [1.807, 2.05) is 24.3 Å². The Morgan fingerprint density at radius 3 is 2.64 bits per heavy atom. The van der Waals surface area contributed by atoms with Gasteiger partial charge < -0.3 is 4.74 Å². The quantitative estimate of drug-likeness (QED) is 0.642. The molecule has 0 aliphatic carbocycles. The number of nitrogens with one attached hydrogen (secondary N) is 1. The number of rotatable bonds is 3. The van der Waals surface area contributed by atoms with Crippen LogP contribution in [0.1, 0.15) is 18.4 Å². The number of ether oxygens (including phenoxy) is 1. The van der Waals surface area contributed by atoms with E-state index in [-0.39, 0.29) is 0 Å². The van der Waals surface area contributed by atoms with Crippen LogP contribution in [0, 0.1) is 0 Å². The van der Waals surface area contributed by atoms with Gasteiger partial charge in [0.2, 0.25) is 0 Å². The molecule has 2 aliphatic heterocycles. The van der Waals surface area contributed by atoms with Gasteiger partial charge in [-0.1, -0.05) is 12.1 Å². The third-order valence-corrected chi connectivity index (χ3v) is 4.46. The minimum Gasteiger partial charge on any atom is -0.497 e. The molecule has 2 saturated heterocycles. The van der Waals surface area contributed by atoms with Crippen molar-refractivity contribution in [3.8, 4) is 5.75 Å². The van der Waals surface area contributed by atoms with E-state index in [0.717, 1.165) is 17.9 Å². The maximum atomic E-state index is 12.0. The molecule has 3 rings (SSSR count). The number of nitrogens with zero attached hydrogens (tertiary/aromatic N) is 2. The molecule has 0 saturated carbocycles. The van der Waals surface area contributed by atoms with Gasteiger partial charge in [-0.25, -0.2) is 4.79 Å². The fourth-order valence-corrected chi connectivity index (χ4v) is 3.11. The summed E-state index contributed by atoms with van der Waals surface area (Å²) in [5.74, 6) is 0.411. The summed E-state index contributed by atoms with van der Waals surface area (Å²) in [6.07, 6.45) is 0.843. The molecule has 0 aromatic heterocycles. The summed E-state index contributed by atoms with van der Waals surface area (Å²) in [5.41, 5.74) is 0.0326. The van der Waals surface area contributed by atoms with E-state index < -0.39 is 17.5 Å². The zero-order valence-corrected chi connectivity index (χ0v) is 12.4. The van der Waals surface area contributed by atoms with Crippen LogP contribution < -0.4 is 10.1 Å². The van der Waals surface area contributed by atoms with Gasteiger partial charge >= 0.3 is 6.03 Å². The Morgan fingerprint density at radius 2 is 2.05 bits per heavy atom. The monoisotopic (exact) mass is 305 g/mol. The number of imide groups is 1. The van der Waals surface area contributed by atoms with Crippen molar-refractivity contribution < 1.29 is 19.5 Å². The maximum absolute atomic E-state index is 12.0. The zero-order valence-electron chi connectivity index (χ0n) is 12.4. The lowest BCUT2D eigenvalue weighted by Gasteiger charge is -2.39. The van der Waals surface area contributed by atoms with Gasteiger partial charge in [-0.3, -0.25) is 20.2 Å². The lowest BCUT2D eigenvalue weighted by Crippen LogP contribution is -2.55. The predicted molar refractivity (Wildman–Crippen MR) is 77.4 cm³/mol. The Bertz CT molecular complexity index is 596. The number of hydrogen-bond acceptors (Lipinski definition) is 5. The summed E-state index contributed by atoms with van der Waals surface area (Å²) in [5, 5.41) is 12.6. The molecule has 0 radical (unpaired) electrons. The number of benzene rings is 1. The van der Waals surface area contributed by atoms with E-state index in [4.69, 9.17) is 4.74 Å². The predicted octanol–water partition coefficient (Wildman–Crippen LogP) is 0.971. The molecular weight excluding hydrogens is 286 g/mol. The Balaban J connectivity index is 1.64. The number of urea groups is 1. The highest BCUT2D eigenvalue weighted by Crippen LogP contribution is 2.32. The van der Waals surface area contributed by atoms with Gasteiger partial charge in [0.1, 0.15) is 5.75 Å². The fraction of sp³-hybridized carbons (Fsp3) is 0.467. The van der Waals surface area contributed by atoms with Gasteiger partial charge in [0.15, 0.2) is 5.54 Å². The van der Waals surface area contributed by atoms with Gasteiger partial charge in [0, 0.05) is 19.6 Å². The maximum Gasteiger partial charge on any atom is 0.348 e. The van der Waals surface area contributed by atoms with Crippen LogP contribution in [-0.4, -0.2) is 52.8 Å². The van der Waals surface area contributed by atoms with Gasteiger partial charge in [-0.15, -0.1) is 0 Å². The van der Waals surface area contributed by atoms with Crippen molar-refractivity contribution in [1.82, 2.24) is 15.3 Å². The Morgan fingerprint density at radius 1 is 1.32 bits per heavy atom. The molecule has 2 heterocycles. The number of piperidine rings is 1. The molecule has 1 aromatic rings. The molecular formula is C15H19N3O4. The van der Waals surface area contributed by atoms with Crippen molar-refractivity contribution >= 4 is 11.9 Å². The smallest absolute Gasteiger partial charge is 0.348 e. The summed E-state index contributed by atoms with van der Waals surface area (Å²) in [7, 11) is 1.63. The summed E-state index contributed by atoms with van der Waals surface area (Å²) in [6, 6.07) is 7.11. The van der Waals surface area contributed by atoms with Crippen LogP contribution in [-0.2, 0) is 11.3 Å². The molecule has 22 heavy (non-hydrogen) atoms. The third kappa shape index (κ3) is 2.42. The zero-order chi connectivity index (χ0) is 15.7. The first-order valence-corrected chi connectivity index (χ1v) is 7.25. The highest BCUT2D eigenvalue weighted by atomic mass is 16.5. The molecule has 2 fully saturated rings. The molecule has 7 nitrogen and oxygen atoms in total. The number of methoxy groups -OCH3 is 1. The van der Waals surface area contributed by atoms with Crippen LogP contribution >= 0.6 is 0 Å². The van der Waals surface area contributed by atoms with Gasteiger partial charge in [0.25, 0.3) is 5.91 Å². The van der Waals surface area contributed by atoms with Gasteiger partial charge in [-0.2, -0.15) is 5.06 Å². The van der Waals surface area contributed by atoms with Crippen molar-refractivity contribution in [2.24, 2.45) is 0 Å². The fourth-order valence-electron chi connectivity index (χ4n) is 3.11. The number of carbonyl (C=O) groups is 2. The normalized spacial score (nSPS) is 21.3. The molecule has 3 amide bonds. The lowest BCUT2D eigenvalue weighted by atomic mass is 9.87. The number of carbonyl (C=O) groups excluding carboxylic acids is 2. The second-order valence-corrected chi connectivity index (χ2v) is 5.73. The van der Waals surface area contributed by atoms with E-state index >= 15 is 0 Å². The molecule has 0 bridgehead atoms. The van der Waals surface area contributed by atoms with Crippen LogP contribution in [0.5, 0.6) is 5.75 Å². The van der Waals surface area contributed by atoms with Crippen molar-refractivity contribution in [3.05, 3.63) is 29.8 Å². The average Bonchev–Trinajstić information content (AvgIpc) is 2.74. The summed E-state index contributed by atoms with van der Waals surface area (Å²) < 4.78 is 5.21. The summed E-state index contributed by atoms with van der Waals surface area (Å²) in [6.45, 7) is 2.01. The van der Waals surface area contributed by atoms with Crippen molar-refractivity contribution in [1.29, 1.82) is 0 Å². The van der Waals surface area contributed by atoms with Crippen LogP contribution in [0.15, 0.2) is 24.3 Å². The van der Waals surface area contributed by atoms with E-state index in [0.29, 0.717) is 31.0 Å². The lowest BCUT2D eigenvalue weighted by molar-refractivity contribution is -0.154. The Labute approximate surface area is 128 Å². The minimum atomic E-state index is -1.10. The average molecular weight is 305 g/mol. The minimum absolute atomic E-state index is 0.402.